The third kappa shape index (κ3) is 4.18. The molecule has 182 valence electrons. The normalized spacial score (nSPS) is 40.1. The van der Waals surface area contributed by atoms with Crippen LogP contribution in [0, 0.1) is 17.8 Å². The highest BCUT2D eigenvalue weighted by atomic mass is 16.6. The van der Waals surface area contributed by atoms with Gasteiger partial charge in [0, 0.05) is 37.7 Å². The van der Waals surface area contributed by atoms with Crippen LogP contribution in [-0.4, -0.2) is 58.5 Å². The Hall–Kier alpha value is -2.68. The molecule has 1 aliphatic heterocycles. The van der Waals surface area contributed by atoms with Gasteiger partial charge in [0.15, 0.2) is 0 Å². The molecule has 0 unspecified atom stereocenters. The number of rotatable bonds is 4. The van der Waals surface area contributed by atoms with Crippen LogP contribution in [0.15, 0.2) is 23.3 Å². The zero-order valence-electron chi connectivity index (χ0n) is 20.0. The molecule has 0 aromatic carbocycles. The molecule has 0 aromatic heterocycles. The zero-order chi connectivity index (χ0) is 24.9. The maximum absolute atomic E-state index is 13.0. The van der Waals surface area contributed by atoms with Gasteiger partial charge >= 0.3 is 23.9 Å². The first-order valence-corrected chi connectivity index (χ1v) is 11.1. The summed E-state index contributed by atoms with van der Waals surface area (Å²) >= 11 is 0. The van der Waals surface area contributed by atoms with Gasteiger partial charge in [-0.3, -0.25) is 9.59 Å². The minimum absolute atomic E-state index is 0.0245. The first kappa shape index (κ1) is 25.0. The van der Waals surface area contributed by atoms with E-state index < -0.39 is 71.1 Å². The van der Waals surface area contributed by atoms with Crippen molar-refractivity contribution < 1.29 is 43.2 Å². The Morgan fingerprint density at radius 3 is 2.27 bits per heavy atom. The molecule has 1 N–H and O–H groups in total. The summed E-state index contributed by atoms with van der Waals surface area (Å²) in [6, 6.07) is 0. The second-order valence-corrected chi connectivity index (χ2v) is 9.58. The lowest BCUT2D eigenvalue weighted by Crippen LogP contribution is -2.51. The quantitative estimate of drug-likeness (QED) is 0.288. The Bertz CT molecular complexity index is 934. The zero-order valence-corrected chi connectivity index (χ0v) is 20.0. The van der Waals surface area contributed by atoms with E-state index in [0.29, 0.717) is 5.57 Å². The van der Waals surface area contributed by atoms with Crippen molar-refractivity contribution in [3.8, 4) is 0 Å². The smallest absolute Gasteiger partial charge is 0.351 e. The van der Waals surface area contributed by atoms with Crippen LogP contribution in [0.1, 0.15) is 54.9 Å². The molecule has 1 saturated heterocycles. The fourth-order valence-electron chi connectivity index (χ4n) is 5.78. The van der Waals surface area contributed by atoms with Gasteiger partial charge in [0.1, 0.15) is 17.8 Å². The van der Waals surface area contributed by atoms with Crippen molar-refractivity contribution in [1.82, 2.24) is 0 Å². The molecule has 2 aliphatic carbocycles. The first-order chi connectivity index (χ1) is 15.2. The number of carbonyl (C=O) groups excluding carboxylic acids is 4. The Morgan fingerprint density at radius 1 is 1.12 bits per heavy atom. The van der Waals surface area contributed by atoms with Crippen LogP contribution in [0.3, 0.4) is 0 Å². The molecule has 1 heterocycles. The lowest BCUT2D eigenvalue weighted by molar-refractivity contribution is -0.184. The largest absolute Gasteiger partial charge is 0.459 e. The number of allylic oxidation sites excluding steroid dienone is 1. The first-order valence-electron chi connectivity index (χ1n) is 11.1. The van der Waals surface area contributed by atoms with Crippen molar-refractivity contribution in [3.05, 3.63) is 23.3 Å². The van der Waals surface area contributed by atoms with Crippen LogP contribution in [0.5, 0.6) is 0 Å². The van der Waals surface area contributed by atoms with Crippen molar-refractivity contribution in [3.63, 3.8) is 0 Å². The third-order valence-electron chi connectivity index (χ3n) is 7.16. The molecule has 8 atom stereocenters. The summed E-state index contributed by atoms with van der Waals surface area (Å²) in [5.41, 5.74) is -1.89. The van der Waals surface area contributed by atoms with Crippen LogP contribution in [0.4, 0.5) is 0 Å². The number of esters is 4. The molecular formula is C24H32O9. The van der Waals surface area contributed by atoms with E-state index in [1.54, 1.807) is 39.8 Å². The second kappa shape index (κ2) is 8.59. The summed E-state index contributed by atoms with van der Waals surface area (Å²) in [5.74, 6) is -4.70. The van der Waals surface area contributed by atoms with E-state index in [1.807, 2.05) is 0 Å². The molecular weight excluding hydrogens is 432 g/mol. The number of fused-ring (bicyclic) bond motifs is 3. The minimum Gasteiger partial charge on any atom is -0.459 e. The highest BCUT2D eigenvalue weighted by molar-refractivity contribution is 5.88. The van der Waals surface area contributed by atoms with Gasteiger partial charge in [-0.05, 0) is 34.6 Å². The van der Waals surface area contributed by atoms with Crippen LogP contribution >= 0.6 is 0 Å². The Balaban J connectivity index is 2.20. The summed E-state index contributed by atoms with van der Waals surface area (Å²) in [7, 11) is 0. The highest BCUT2D eigenvalue weighted by Gasteiger charge is 2.69. The van der Waals surface area contributed by atoms with Gasteiger partial charge in [0.25, 0.3) is 0 Å². The predicted octanol–water partition coefficient (Wildman–Crippen LogP) is 2.01. The molecule has 2 fully saturated rings. The Kier molecular flexibility index (Phi) is 6.50. The Labute approximate surface area is 193 Å². The molecule has 0 bridgehead atoms. The average molecular weight is 465 g/mol. The molecule has 9 heteroatoms. The molecule has 3 aliphatic rings. The Morgan fingerprint density at radius 2 is 1.73 bits per heavy atom. The molecule has 0 amide bonds. The monoisotopic (exact) mass is 464 g/mol. The summed E-state index contributed by atoms with van der Waals surface area (Å²) in [4.78, 5) is 49.8. The summed E-state index contributed by atoms with van der Waals surface area (Å²) in [5, 5.41) is 10.9. The number of ether oxygens (including phenoxy) is 4. The van der Waals surface area contributed by atoms with Gasteiger partial charge in [-0.1, -0.05) is 17.7 Å². The third-order valence-corrected chi connectivity index (χ3v) is 7.16. The number of aliphatic hydroxyl groups is 1. The molecule has 0 aromatic rings. The van der Waals surface area contributed by atoms with E-state index >= 15 is 0 Å². The topological polar surface area (TPSA) is 125 Å². The van der Waals surface area contributed by atoms with Gasteiger partial charge in [-0.25, -0.2) is 9.59 Å². The van der Waals surface area contributed by atoms with Gasteiger partial charge in [-0.15, -0.1) is 0 Å². The summed E-state index contributed by atoms with van der Waals surface area (Å²) in [6.07, 6.45) is 0.355. The molecule has 9 nitrogen and oxygen atoms in total. The molecule has 3 rings (SSSR count). The lowest BCUT2D eigenvalue weighted by atomic mass is 9.74. The second-order valence-electron chi connectivity index (χ2n) is 9.58. The van der Waals surface area contributed by atoms with Crippen molar-refractivity contribution in [2.75, 3.05) is 0 Å². The van der Waals surface area contributed by atoms with E-state index in [0.717, 1.165) is 5.57 Å². The van der Waals surface area contributed by atoms with Crippen LogP contribution in [-0.2, 0) is 38.1 Å². The molecule has 1 saturated carbocycles. The summed E-state index contributed by atoms with van der Waals surface area (Å²) in [6.45, 7) is 10.6. The standard InChI is InChI=1S/C24H32O9/c1-8-11(2)21(28)30-16-10-23(6,32-13(4)25)18-15(27)9-12(3)17(18)20-19(16)24(7,22(29)31-20)33-14(5)26/h8-9,15-20,27H,10H2,1-7H3/t15-,16-,17+,18-,19+,20-,23-,24-/m0/s1. The van der Waals surface area contributed by atoms with Gasteiger partial charge in [0.2, 0.25) is 5.60 Å². The molecule has 0 radical (unpaired) electrons. The molecule has 0 spiro atoms. The van der Waals surface area contributed by atoms with Crippen LogP contribution in [0.2, 0.25) is 0 Å². The maximum Gasteiger partial charge on any atom is 0.351 e. The summed E-state index contributed by atoms with van der Waals surface area (Å²) < 4.78 is 22.9. The van der Waals surface area contributed by atoms with Gasteiger partial charge in [-0.2, -0.15) is 0 Å². The number of hydrogen-bond donors (Lipinski definition) is 1. The van der Waals surface area contributed by atoms with E-state index in [4.69, 9.17) is 18.9 Å². The van der Waals surface area contributed by atoms with E-state index in [9.17, 15) is 24.3 Å². The SMILES string of the molecule is CC=C(C)C(=O)O[C@H]1C[C@](C)(OC(C)=O)[C@@H]2[C@@H](C(C)=C[C@@H]2O)[C@@H]2OC(=O)[C@@](C)(OC(C)=O)[C@@H]21. The average Bonchev–Trinajstić information content (AvgIpc) is 3.07. The highest BCUT2D eigenvalue weighted by Crippen LogP contribution is 2.56. The van der Waals surface area contributed by atoms with Crippen LogP contribution in [0.25, 0.3) is 0 Å². The maximum atomic E-state index is 13.0. The number of carbonyl (C=O) groups is 4. The van der Waals surface area contributed by atoms with E-state index in [1.165, 1.54) is 20.8 Å². The van der Waals surface area contributed by atoms with Gasteiger partial charge in [0.05, 0.1) is 12.0 Å². The van der Waals surface area contributed by atoms with Crippen molar-refractivity contribution >= 4 is 23.9 Å². The van der Waals surface area contributed by atoms with Gasteiger partial charge < -0.3 is 24.1 Å². The minimum atomic E-state index is -1.73. The number of hydrogen-bond acceptors (Lipinski definition) is 9. The van der Waals surface area contributed by atoms with E-state index in [2.05, 4.69) is 0 Å². The predicted molar refractivity (Wildman–Crippen MR) is 114 cm³/mol. The van der Waals surface area contributed by atoms with Crippen molar-refractivity contribution in [1.29, 1.82) is 0 Å². The number of aliphatic hydroxyl groups excluding tert-OH is 1. The van der Waals surface area contributed by atoms with Crippen molar-refractivity contribution in [2.24, 2.45) is 17.8 Å². The van der Waals surface area contributed by atoms with Crippen molar-refractivity contribution in [2.45, 2.75) is 84.4 Å². The van der Waals surface area contributed by atoms with Crippen LogP contribution < -0.4 is 0 Å². The molecule has 33 heavy (non-hydrogen) atoms. The fraction of sp³-hybridized carbons (Fsp3) is 0.667. The fourth-order valence-corrected chi connectivity index (χ4v) is 5.78. The lowest BCUT2D eigenvalue weighted by Gasteiger charge is -2.40. The van der Waals surface area contributed by atoms with E-state index in [-0.39, 0.29) is 6.42 Å².